The highest BCUT2D eigenvalue weighted by molar-refractivity contribution is 6.90. The minimum absolute atomic E-state index is 0.143. The SMILES string of the molecule is C=CC(=O)O.C[Si](C)(C)O[Si](CCCOCC(O)CO)(O[Si](C)(C)C)O[Si](C)(C)C. The van der Waals surface area contributed by atoms with Crippen molar-refractivity contribution < 1.29 is 37.2 Å². The molecule has 30 heavy (non-hydrogen) atoms. The number of carboxylic acids is 1. The van der Waals surface area contributed by atoms with Crippen molar-refractivity contribution in [3.63, 3.8) is 0 Å². The number of carbonyl (C=O) groups is 1. The second-order valence-corrected chi connectivity index (χ2v) is 26.9. The lowest BCUT2D eigenvalue weighted by Crippen LogP contribution is -2.60. The highest BCUT2D eigenvalue weighted by Gasteiger charge is 2.49. The molecule has 0 aliphatic carbocycles. The average Bonchev–Trinajstić information content (AvgIpc) is 2.49. The zero-order valence-electron chi connectivity index (χ0n) is 20.3. The molecule has 3 N–H and O–H groups in total. The van der Waals surface area contributed by atoms with Crippen LogP contribution in [-0.2, 0) is 21.9 Å². The zero-order chi connectivity index (χ0) is 24.2. The van der Waals surface area contributed by atoms with E-state index in [-0.39, 0.29) is 13.2 Å². The molecule has 0 aliphatic rings. The maximum atomic E-state index is 9.35. The van der Waals surface area contributed by atoms with Gasteiger partial charge in [-0.15, -0.1) is 0 Å². The minimum Gasteiger partial charge on any atom is -0.478 e. The Morgan fingerprint density at radius 3 is 1.57 bits per heavy atom. The van der Waals surface area contributed by atoms with E-state index >= 15 is 0 Å². The summed E-state index contributed by atoms with van der Waals surface area (Å²) in [7, 11) is -8.32. The van der Waals surface area contributed by atoms with Crippen LogP contribution in [0.1, 0.15) is 6.42 Å². The zero-order valence-corrected chi connectivity index (χ0v) is 24.3. The fourth-order valence-corrected chi connectivity index (χ4v) is 16.9. The molecule has 1 atom stereocenters. The van der Waals surface area contributed by atoms with Gasteiger partial charge in [-0.3, -0.25) is 0 Å². The Bertz CT molecular complexity index is 457. The van der Waals surface area contributed by atoms with Crippen molar-refractivity contribution in [2.45, 2.75) is 77.5 Å². The van der Waals surface area contributed by atoms with Crippen molar-refractivity contribution in [2.75, 3.05) is 19.8 Å². The van der Waals surface area contributed by atoms with Crippen molar-refractivity contribution in [3.05, 3.63) is 12.7 Å². The van der Waals surface area contributed by atoms with Crippen LogP contribution in [0.5, 0.6) is 0 Å². The fraction of sp³-hybridized carbons (Fsp3) is 0.833. The number of aliphatic hydroxyl groups is 2. The molecule has 0 saturated heterocycles. The van der Waals surface area contributed by atoms with Crippen LogP contribution in [-0.4, -0.2) is 81.0 Å². The average molecular weight is 501 g/mol. The molecule has 0 aliphatic heterocycles. The Kier molecular flexibility index (Phi) is 15.0. The highest BCUT2D eigenvalue weighted by atomic mass is 28.5. The molecule has 0 aromatic rings. The molecule has 0 aromatic carbocycles. The molecule has 0 rings (SSSR count). The molecule has 0 radical (unpaired) electrons. The summed E-state index contributed by atoms with van der Waals surface area (Å²) in [5.74, 6) is -0.981. The molecular weight excluding hydrogens is 457 g/mol. The van der Waals surface area contributed by atoms with Crippen LogP contribution in [0.15, 0.2) is 12.7 Å². The van der Waals surface area contributed by atoms with E-state index < -0.39 is 45.8 Å². The topological polar surface area (TPSA) is 115 Å². The number of aliphatic carboxylic acids is 1. The summed E-state index contributed by atoms with van der Waals surface area (Å²) in [6, 6.07) is 0.723. The standard InChI is InChI=1S/C15H40O6Si4.C3H4O2/c1-22(2,3)19-25(20-23(4,5)6,21-24(7,8)9)12-10-11-18-14-15(17)13-16;1-2-3(4)5/h15-17H,10-14H2,1-9H3;2H,1H2,(H,4,5). The third-order valence-electron chi connectivity index (χ3n) is 2.85. The molecule has 0 fully saturated rings. The Hall–Kier alpha value is -0.162. The van der Waals surface area contributed by atoms with Crippen LogP contribution >= 0.6 is 0 Å². The molecule has 1 unspecified atom stereocenters. The molecule has 0 bridgehead atoms. The van der Waals surface area contributed by atoms with Crippen LogP contribution in [0.4, 0.5) is 0 Å². The van der Waals surface area contributed by atoms with Crippen LogP contribution in [0.25, 0.3) is 0 Å². The first kappa shape index (κ1) is 32.0. The summed E-state index contributed by atoms with van der Waals surface area (Å²) in [6.45, 7) is 22.8. The second-order valence-electron chi connectivity index (χ2n) is 9.88. The first-order valence-corrected chi connectivity index (χ1v) is 22.3. The molecule has 8 nitrogen and oxygen atoms in total. The lowest BCUT2D eigenvalue weighted by atomic mass is 10.4. The number of hydrogen-bond donors (Lipinski definition) is 3. The molecular formula is C18H44O8Si4. The number of aliphatic hydroxyl groups excluding tert-OH is 2. The van der Waals surface area contributed by atoms with E-state index in [2.05, 4.69) is 65.5 Å². The van der Waals surface area contributed by atoms with Gasteiger partial charge in [0.15, 0.2) is 25.0 Å². The van der Waals surface area contributed by atoms with E-state index in [1.165, 1.54) is 0 Å². The van der Waals surface area contributed by atoms with Crippen molar-refractivity contribution in [3.8, 4) is 0 Å². The van der Waals surface area contributed by atoms with Gasteiger partial charge >= 0.3 is 14.8 Å². The Balaban J connectivity index is 0. The molecule has 180 valence electrons. The quantitative estimate of drug-likeness (QED) is 0.189. The van der Waals surface area contributed by atoms with Crippen molar-refractivity contribution in [1.29, 1.82) is 0 Å². The summed E-state index contributed by atoms with van der Waals surface area (Å²) < 4.78 is 25.2. The first-order chi connectivity index (χ1) is 13.3. The number of carboxylic acid groups (broad SMARTS) is 1. The fourth-order valence-electron chi connectivity index (χ4n) is 2.28. The minimum atomic E-state index is -2.79. The van der Waals surface area contributed by atoms with Gasteiger partial charge < -0.3 is 32.4 Å². The highest BCUT2D eigenvalue weighted by Crippen LogP contribution is 2.29. The van der Waals surface area contributed by atoms with Gasteiger partial charge in [-0.2, -0.15) is 0 Å². The Labute approximate surface area is 187 Å². The van der Waals surface area contributed by atoms with Gasteiger partial charge in [0.2, 0.25) is 0 Å². The van der Waals surface area contributed by atoms with Crippen LogP contribution in [0, 0.1) is 0 Å². The normalized spacial score (nSPS) is 14.0. The molecule has 0 aromatic heterocycles. The van der Waals surface area contributed by atoms with Crippen molar-refractivity contribution >= 4 is 39.7 Å². The Morgan fingerprint density at radius 2 is 1.30 bits per heavy atom. The predicted octanol–water partition coefficient (Wildman–Crippen LogP) is 3.50. The van der Waals surface area contributed by atoms with Gasteiger partial charge in [-0.1, -0.05) is 6.58 Å². The molecule has 0 heterocycles. The third-order valence-corrected chi connectivity index (χ3v) is 14.9. The van der Waals surface area contributed by atoms with Crippen molar-refractivity contribution in [1.82, 2.24) is 0 Å². The monoisotopic (exact) mass is 500 g/mol. The van der Waals surface area contributed by atoms with Crippen LogP contribution in [0.2, 0.25) is 65.0 Å². The lowest BCUT2D eigenvalue weighted by molar-refractivity contribution is -0.131. The summed E-state index contributed by atoms with van der Waals surface area (Å²) in [5, 5.41) is 25.8. The maximum absolute atomic E-state index is 9.35. The van der Waals surface area contributed by atoms with E-state index in [4.69, 9.17) is 27.3 Å². The van der Waals surface area contributed by atoms with E-state index in [0.29, 0.717) is 6.61 Å². The molecule has 0 amide bonds. The van der Waals surface area contributed by atoms with Gasteiger partial charge in [0.05, 0.1) is 13.2 Å². The summed E-state index contributed by atoms with van der Waals surface area (Å²) in [4.78, 5) is 9.25. The van der Waals surface area contributed by atoms with Gasteiger partial charge in [0, 0.05) is 18.7 Å². The summed E-state index contributed by atoms with van der Waals surface area (Å²) in [5.41, 5.74) is 0. The second kappa shape index (κ2) is 14.1. The van der Waals surface area contributed by atoms with Crippen LogP contribution < -0.4 is 0 Å². The van der Waals surface area contributed by atoms with Gasteiger partial charge in [0.25, 0.3) is 0 Å². The van der Waals surface area contributed by atoms with E-state index in [1.807, 2.05) is 0 Å². The van der Waals surface area contributed by atoms with Gasteiger partial charge in [-0.25, -0.2) is 4.79 Å². The largest absolute Gasteiger partial charge is 0.478 e. The Morgan fingerprint density at radius 1 is 0.933 bits per heavy atom. The van der Waals surface area contributed by atoms with Crippen LogP contribution in [0.3, 0.4) is 0 Å². The van der Waals surface area contributed by atoms with E-state index in [0.717, 1.165) is 18.5 Å². The summed E-state index contributed by atoms with van der Waals surface area (Å²) in [6.07, 6.45) is 0.765. The molecule has 0 saturated carbocycles. The summed E-state index contributed by atoms with van der Waals surface area (Å²) >= 11 is 0. The van der Waals surface area contributed by atoms with Gasteiger partial charge in [0.1, 0.15) is 6.10 Å². The van der Waals surface area contributed by atoms with Crippen molar-refractivity contribution in [2.24, 2.45) is 0 Å². The molecule has 0 spiro atoms. The smallest absolute Gasteiger partial charge is 0.469 e. The number of hydrogen-bond acceptors (Lipinski definition) is 7. The maximum Gasteiger partial charge on any atom is 0.469 e. The van der Waals surface area contributed by atoms with Gasteiger partial charge in [-0.05, 0) is 65.3 Å². The third kappa shape index (κ3) is 21.1. The molecule has 12 heteroatoms. The number of ether oxygens (including phenoxy) is 1. The number of rotatable bonds is 14. The predicted molar refractivity (Wildman–Crippen MR) is 130 cm³/mol. The van der Waals surface area contributed by atoms with E-state index in [1.54, 1.807) is 0 Å². The van der Waals surface area contributed by atoms with E-state index in [9.17, 15) is 9.90 Å². The first-order valence-electron chi connectivity index (χ1n) is 10.2. The lowest BCUT2D eigenvalue weighted by Gasteiger charge is -2.42.